The molecular weight excluding hydrogens is 432 g/mol. The number of nitrogens with one attached hydrogen (secondary N) is 1. The van der Waals surface area contributed by atoms with Crippen molar-refractivity contribution in [2.45, 2.75) is 31.2 Å². The van der Waals surface area contributed by atoms with Crippen LogP contribution in [-0.4, -0.2) is 53.7 Å². The second-order valence-electron chi connectivity index (χ2n) is 9.47. The van der Waals surface area contributed by atoms with Gasteiger partial charge in [-0.05, 0) is 47.4 Å². The lowest BCUT2D eigenvalue weighted by Gasteiger charge is -2.26. The average molecular weight is 461 g/mol. The van der Waals surface area contributed by atoms with Crippen LogP contribution in [0.3, 0.4) is 0 Å². The number of carboxylic acids is 1. The van der Waals surface area contributed by atoms with Crippen molar-refractivity contribution in [1.29, 1.82) is 0 Å². The summed E-state index contributed by atoms with van der Waals surface area (Å²) in [6.45, 7) is 4.49. The van der Waals surface area contributed by atoms with Crippen LogP contribution in [0.5, 0.6) is 0 Å². The first kappa shape index (κ1) is 22.2. The number of piperidine rings is 1. The Morgan fingerprint density at radius 1 is 1.15 bits per heavy atom. The van der Waals surface area contributed by atoms with Crippen molar-refractivity contribution in [3.05, 3.63) is 72.3 Å². The van der Waals surface area contributed by atoms with Crippen LogP contribution in [0, 0.1) is 11.3 Å². The topological polar surface area (TPSA) is 95.9 Å². The molecule has 2 amide bonds. The summed E-state index contributed by atoms with van der Waals surface area (Å²) in [6, 6.07) is 15.4. The van der Waals surface area contributed by atoms with Gasteiger partial charge in [0.25, 0.3) is 0 Å². The Morgan fingerprint density at radius 2 is 1.79 bits per heavy atom. The first-order chi connectivity index (χ1) is 16.4. The zero-order valence-electron chi connectivity index (χ0n) is 18.9. The van der Waals surface area contributed by atoms with Gasteiger partial charge in [-0.15, -0.1) is 6.58 Å². The number of likely N-dealkylation sites (tertiary alicyclic amines) is 1. The molecule has 1 heterocycles. The van der Waals surface area contributed by atoms with Crippen LogP contribution >= 0.6 is 0 Å². The van der Waals surface area contributed by atoms with Crippen molar-refractivity contribution < 1.29 is 24.2 Å². The molecule has 3 atom stereocenters. The summed E-state index contributed by atoms with van der Waals surface area (Å²) in [7, 11) is 0. The quantitative estimate of drug-likeness (QED) is 0.585. The molecule has 1 saturated heterocycles. The molecule has 2 aromatic rings. The lowest BCUT2D eigenvalue weighted by molar-refractivity contribution is -0.144. The van der Waals surface area contributed by atoms with Crippen molar-refractivity contribution in [2.24, 2.45) is 11.3 Å². The summed E-state index contributed by atoms with van der Waals surface area (Å²) < 4.78 is 5.61. The van der Waals surface area contributed by atoms with E-state index in [9.17, 15) is 19.5 Å². The number of allylic oxidation sites excluding steroid dienone is 1. The van der Waals surface area contributed by atoms with Crippen LogP contribution in [0.15, 0.2) is 61.2 Å². The van der Waals surface area contributed by atoms with E-state index >= 15 is 0 Å². The zero-order valence-corrected chi connectivity index (χ0v) is 18.9. The van der Waals surface area contributed by atoms with E-state index in [0.29, 0.717) is 25.8 Å². The lowest BCUT2D eigenvalue weighted by Crippen LogP contribution is -2.49. The highest BCUT2D eigenvalue weighted by molar-refractivity contribution is 5.88. The molecule has 2 aliphatic carbocycles. The third-order valence-electron chi connectivity index (χ3n) is 7.48. The summed E-state index contributed by atoms with van der Waals surface area (Å²) >= 11 is 0. The van der Waals surface area contributed by atoms with Gasteiger partial charge in [0.05, 0.1) is 5.41 Å². The van der Waals surface area contributed by atoms with Gasteiger partial charge in [0.1, 0.15) is 12.6 Å². The SMILES string of the molecule is C=CCCC(NC(=O)OCC1c2ccccc2-c2ccccc21)C(=O)N1CC2CC2(C(=O)O)C1. The number of carbonyl (C=O) groups excluding carboxylic acids is 2. The fourth-order valence-electron chi connectivity index (χ4n) is 5.53. The highest BCUT2D eigenvalue weighted by Crippen LogP contribution is 2.58. The van der Waals surface area contributed by atoms with E-state index in [2.05, 4.69) is 36.2 Å². The number of benzene rings is 2. The predicted octanol–water partition coefficient (Wildman–Crippen LogP) is 3.79. The first-order valence-corrected chi connectivity index (χ1v) is 11.7. The van der Waals surface area contributed by atoms with Gasteiger partial charge >= 0.3 is 12.1 Å². The number of ether oxygens (including phenoxy) is 1. The molecule has 1 aliphatic heterocycles. The van der Waals surface area contributed by atoms with E-state index in [0.717, 1.165) is 22.3 Å². The standard InChI is InChI=1S/C27H28N2O5/c1-2-3-12-23(24(30)29-14-17-13-27(17,16-29)25(31)32)28-26(33)34-15-22-20-10-6-4-8-18(20)19-9-5-7-11-21(19)22/h2,4-11,17,22-23H,1,3,12-16H2,(H,28,33)(H,31,32). The Kier molecular flexibility index (Phi) is 5.63. The van der Waals surface area contributed by atoms with Gasteiger partial charge in [0, 0.05) is 19.0 Å². The number of amides is 2. The maximum atomic E-state index is 13.1. The fraction of sp³-hybridized carbons (Fsp3) is 0.370. The van der Waals surface area contributed by atoms with Gasteiger partial charge in [0.2, 0.25) is 5.91 Å². The zero-order chi connectivity index (χ0) is 23.9. The number of carboxylic acid groups (broad SMARTS) is 1. The maximum absolute atomic E-state index is 13.1. The third-order valence-corrected chi connectivity index (χ3v) is 7.48. The number of hydrogen-bond donors (Lipinski definition) is 2. The van der Waals surface area contributed by atoms with Crippen molar-refractivity contribution >= 4 is 18.0 Å². The molecule has 34 heavy (non-hydrogen) atoms. The van der Waals surface area contributed by atoms with Crippen molar-refractivity contribution in [1.82, 2.24) is 10.2 Å². The second-order valence-corrected chi connectivity index (χ2v) is 9.47. The number of aliphatic carboxylic acids is 1. The molecule has 3 aliphatic rings. The Labute approximate surface area is 198 Å². The van der Waals surface area contributed by atoms with E-state index < -0.39 is 23.5 Å². The van der Waals surface area contributed by atoms with E-state index in [4.69, 9.17) is 4.74 Å². The van der Waals surface area contributed by atoms with Gasteiger partial charge < -0.3 is 20.1 Å². The first-order valence-electron chi connectivity index (χ1n) is 11.7. The van der Waals surface area contributed by atoms with Crippen LogP contribution in [0.1, 0.15) is 36.3 Å². The smallest absolute Gasteiger partial charge is 0.407 e. The summed E-state index contributed by atoms with van der Waals surface area (Å²) in [5.41, 5.74) is 3.72. The number of carbonyl (C=O) groups is 3. The molecule has 1 saturated carbocycles. The predicted molar refractivity (Wildman–Crippen MR) is 126 cm³/mol. The number of fused-ring (bicyclic) bond motifs is 4. The Bertz CT molecular complexity index is 1120. The summed E-state index contributed by atoms with van der Waals surface area (Å²) in [5.74, 6) is -1.17. The minimum absolute atomic E-state index is 0.00320. The molecule has 2 aromatic carbocycles. The fourth-order valence-corrected chi connectivity index (χ4v) is 5.53. The van der Waals surface area contributed by atoms with Gasteiger partial charge in [-0.3, -0.25) is 9.59 Å². The number of rotatable bonds is 8. The van der Waals surface area contributed by atoms with Gasteiger partial charge in [0.15, 0.2) is 0 Å². The monoisotopic (exact) mass is 460 g/mol. The Morgan fingerprint density at radius 3 is 2.38 bits per heavy atom. The molecule has 2 fully saturated rings. The Hall–Kier alpha value is -3.61. The molecule has 7 heteroatoms. The van der Waals surface area contributed by atoms with Gasteiger partial charge in [-0.25, -0.2) is 4.79 Å². The molecule has 2 N–H and O–H groups in total. The van der Waals surface area contributed by atoms with Gasteiger partial charge in [-0.1, -0.05) is 54.6 Å². The molecule has 3 unspecified atom stereocenters. The molecule has 0 radical (unpaired) electrons. The second kappa shape index (κ2) is 8.63. The Balaban J connectivity index is 1.24. The minimum atomic E-state index is -0.847. The molecule has 0 aromatic heterocycles. The molecule has 0 bridgehead atoms. The molecule has 7 nitrogen and oxygen atoms in total. The van der Waals surface area contributed by atoms with E-state index in [1.807, 2.05) is 24.3 Å². The normalized spacial score (nSPS) is 22.8. The molecular formula is C27H28N2O5. The minimum Gasteiger partial charge on any atom is -0.481 e. The van der Waals surface area contributed by atoms with Crippen LogP contribution in [-0.2, 0) is 14.3 Å². The molecule has 5 rings (SSSR count). The van der Waals surface area contributed by atoms with Gasteiger partial charge in [-0.2, -0.15) is 0 Å². The summed E-state index contributed by atoms with van der Waals surface area (Å²) in [4.78, 5) is 39.0. The highest BCUT2D eigenvalue weighted by atomic mass is 16.5. The lowest BCUT2D eigenvalue weighted by atomic mass is 9.98. The van der Waals surface area contributed by atoms with E-state index in [-0.39, 0.29) is 30.9 Å². The number of hydrogen-bond acceptors (Lipinski definition) is 4. The average Bonchev–Trinajstić information content (AvgIpc) is 3.27. The van der Waals surface area contributed by atoms with Crippen molar-refractivity contribution in [3.8, 4) is 11.1 Å². The summed E-state index contributed by atoms with van der Waals surface area (Å²) in [5, 5.41) is 12.2. The van der Waals surface area contributed by atoms with Crippen LogP contribution < -0.4 is 5.32 Å². The van der Waals surface area contributed by atoms with Crippen molar-refractivity contribution in [3.63, 3.8) is 0 Å². The van der Waals surface area contributed by atoms with Crippen LogP contribution in [0.4, 0.5) is 4.79 Å². The highest BCUT2D eigenvalue weighted by Gasteiger charge is 2.66. The largest absolute Gasteiger partial charge is 0.481 e. The van der Waals surface area contributed by atoms with E-state index in [1.165, 1.54) is 0 Å². The molecule has 0 spiro atoms. The summed E-state index contributed by atoms with van der Waals surface area (Å²) in [6.07, 6.45) is 2.58. The molecule has 176 valence electrons. The van der Waals surface area contributed by atoms with Crippen LogP contribution in [0.25, 0.3) is 11.1 Å². The maximum Gasteiger partial charge on any atom is 0.407 e. The number of alkyl carbamates (subject to hydrolysis) is 1. The third kappa shape index (κ3) is 3.75. The van der Waals surface area contributed by atoms with Crippen LogP contribution in [0.2, 0.25) is 0 Å². The number of nitrogens with zero attached hydrogens (tertiary/aromatic N) is 1. The van der Waals surface area contributed by atoms with Crippen molar-refractivity contribution in [2.75, 3.05) is 19.7 Å². The van der Waals surface area contributed by atoms with E-state index in [1.54, 1.807) is 11.0 Å².